The lowest BCUT2D eigenvalue weighted by Gasteiger charge is -2.66. The summed E-state index contributed by atoms with van der Waals surface area (Å²) in [4.78, 5) is 37.5. The molecule has 0 aromatic carbocycles. The molecule has 7 heteroatoms. The maximum absolute atomic E-state index is 13.6. The second-order valence-electron chi connectivity index (χ2n) is 11.0. The Kier molecular flexibility index (Phi) is 4.99. The van der Waals surface area contributed by atoms with Gasteiger partial charge < -0.3 is 19.7 Å². The molecule has 4 fully saturated rings. The number of carbonyl (C=O) groups excluding carboxylic acids is 3. The number of carbonyl (C=O) groups is 3. The Labute approximate surface area is 183 Å². The maximum atomic E-state index is 13.6. The van der Waals surface area contributed by atoms with Crippen molar-refractivity contribution in [1.82, 2.24) is 0 Å². The van der Waals surface area contributed by atoms with E-state index in [2.05, 4.69) is 27.4 Å². The van der Waals surface area contributed by atoms with Crippen LogP contribution in [0.3, 0.4) is 0 Å². The van der Waals surface area contributed by atoms with Crippen molar-refractivity contribution in [3.63, 3.8) is 0 Å². The van der Waals surface area contributed by atoms with E-state index in [0.717, 1.165) is 0 Å². The van der Waals surface area contributed by atoms with E-state index in [0.29, 0.717) is 25.7 Å². The molecular formula is C24H34O7. The zero-order valence-electron chi connectivity index (χ0n) is 19.0. The summed E-state index contributed by atoms with van der Waals surface area (Å²) < 4.78 is 11.4. The number of hydrogen-bond acceptors (Lipinski definition) is 7. The molecule has 9 atom stereocenters. The summed E-state index contributed by atoms with van der Waals surface area (Å²) in [6, 6.07) is 0. The summed E-state index contributed by atoms with van der Waals surface area (Å²) in [5.41, 5.74) is -1.91. The molecule has 4 saturated carbocycles. The Morgan fingerprint density at radius 3 is 2.16 bits per heavy atom. The van der Waals surface area contributed by atoms with E-state index in [1.54, 1.807) is 0 Å². The molecule has 4 unspecified atom stereocenters. The molecule has 1 spiro atoms. The third-order valence-corrected chi connectivity index (χ3v) is 9.25. The van der Waals surface area contributed by atoms with Crippen molar-refractivity contribution in [1.29, 1.82) is 0 Å². The highest BCUT2D eigenvalue weighted by Crippen LogP contribution is 2.71. The molecule has 2 N–H and O–H groups in total. The van der Waals surface area contributed by atoms with Gasteiger partial charge in [0.2, 0.25) is 0 Å². The summed E-state index contributed by atoms with van der Waals surface area (Å²) in [6.45, 7) is 12.8. The summed E-state index contributed by atoms with van der Waals surface area (Å²) in [7, 11) is 0. The molecule has 0 radical (unpaired) electrons. The minimum absolute atomic E-state index is 0.0457. The Morgan fingerprint density at radius 2 is 1.58 bits per heavy atom. The van der Waals surface area contributed by atoms with E-state index in [-0.39, 0.29) is 35.3 Å². The van der Waals surface area contributed by atoms with Gasteiger partial charge in [0.1, 0.15) is 17.6 Å². The number of aliphatic hydroxyl groups is 2. The predicted octanol–water partition coefficient (Wildman–Crippen LogP) is 2.18. The standard InChI is InChI=1S/C24H34O7/c1-11-19-14(27)9-16-23(6)8-7-17(30-12(2)25)22(4,5)15(23)10-18(31-13(3)26)24(16,20(11)28)21(19)29/h14-19,21,27,29H,1,7-10H2,2-6H3/t14?,15-,16?,17-,18-,19?,21+,23?,24-/m0/s1. The van der Waals surface area contributed by atoms with Crippen molar-refractivity contribution >= 4 is 17.7 Å². The number of Topliss-reactive ketones (excluding diaryl/α,β-unsaturated/α-hetero) is 1. The zero-order valence-corrected chi connectivity index (χ0v) is 19.0. The van der Waals surface area contributed by atoms with Gasteiger partial charge in [-0.05, 0) is 48.5 Å². The zero-order chi connectivity index (χ0) is 23.1. The first-order valence-electron chi connectivity index (χ1n) is 11.2. The topological polar surface area (TPSA) is 110 Å². The molecule has 4 aliphatic carbocycles. The third kappa shape index (κ3) is 2.75. The lowest BCUT2D eigenvalue weighted by Crippen LogP contribution is -2.70. The van der Waals surface area contributed by atoms with Gasteiger partial charge >= 0.3 is 11.9 Å². The molecule has 4 aliphatic rings. The first-order valence-corrected chi connectivity index (χ1v) is 11.2. The second kappa shape index (κ2) is 6.88. The lowest BCUT2D eigenvalue weighted by molar-refractivity contribution is -0.256. The van der Waals surface area contributed by atoms with Crippen LogP contribution in [0, 0.1) is 34.0 Å². The van der Waals surface area contributed by atoms with Gasteiger partial charge in [-0.1, -0.05) is 27.4 Å². The smallest absolute Gasteiger partial charge is 0.302 e. The summed E-state index contributed by atoms with van der Waals surface area (Å²) in [5.74, 6) is -2.28. The summed E-state index contributed by atoms with van der Waals surface area (Å²) in [5, 5.41) is 22.3. The van der Waals surface area contributed by atoms with Crippen LogP contribution in [0.25, 0.3) is 0 Å². The van der Waals surface area contributed by atoms with Crippen LogP contribution in [-0.4, -0.2) is 52.4 Å². The van der Waals surface area contributed by atoms with Crippen molar-refractivity contribution in [2.24, 2.45) is 34.0 Å². The van der Waals surface area contributed by atoms with Gasteiger partial charge in [0.05, 0.1) is 12.2 Å². The number of fused-ring (bicyclic) bond motifs is 3. The second-order valence-corrected chi connectivity index (χ2v) is 11.0. The molecule has 172 valence electrons. The monoisotopic (exact) mass is 434 g/mol. The Bertz CT molecular complexity index is 847. The normalized spacial score (nSPS) is 47.9. The Hall–Kier alpha value is -1.73. The van der Waals surface area contributed by atoms with Gasteiger partial charge in [-0.25, -0.2) is 0 Å². The van der Waals surface area contributed by atoms with Crippen molar-refractivity contribution in [3.05, 3.63) is 12.2 Å². The highest BCUT2D eigenvalue weighted by molar-refractivity contribution is 6.05. The number of ketones is 1. The summed E-state index contributed by atoms with van der Waals surface area (Å²) in [6.07, 6.45) is -1.10. The van der Waals surface area contributed by atoms with Crippen molar-refractivity contribution in [3.8, 4) is 0 Å². The van der Waals surface area contributed by atoms with Gasteiger partial charge in [-0.15, -0.1) is 0 Å². The highest BCUT2D eigenvalue weighted by atomic mass is 16.5. The molecule has 4 rings (SSSR count). The Morgan fingerprint density at radius 1 is 1.00 bits per heavy atom. The van der Waals surface area contributed by atoms with Crippen LogP contribution in [-0.2, 0) is 23.9 Å². The maximum Gasteiger partial charge on any atom is 0.302 e. The van der Waals surface area contributed by atoms with Gasteiger partial charge in [0.15, 0.2) is 5.78 Å². The Balaban J connectivity index is 1.87. The number of hydrogen-bond donors (Lipinski definition) is 2. The number of rotatable bonds is 2. The van der Waals surface area contributed by atoms with Gasteiger partial charge in [-0.2, -0.15) is 0 Å². The van der Waals surface area contributed by atoms with Gasteiger partial charge in [0, 0.05) is 25.2 Å². The summed E-state index contributed by atoms with van der Waals surface area (Å²) >= 11 is 0. The number of esters is 2. The third-order valence-electron chi connectivity index (χ3n) is 9.25. The molecular weight excluding hydrogens is 400 g/mol. The molecule has 0 heterocycles. The van der Waals surface area contributed by atoms with Crippen molar-refractivity contribution in [2.75, 3.05) is 0 Å². The van der Waals surface area contributed by atoms with E-state index < -0.39 is 46.4 Å². The fourth-order valence-electron chi connectivity index (χ4n) is 8.04. The highest BCUT2D eigenvalue weighted by Gasteiger charge is 2.77. The fraction of sp³-hybridized carbons (Fsp3) is 0.792. The van der Waals surface area contributed by atoms with Crippen LogP contribution in [0.4, 0.5) is 0 Å². The molecule has 0 aliphatic heterocycles. The van der Waals surface area contributed by atoms with E-state index in [9.17, 15) is 24.6 Å². The molecule has 0 amide bonds. The van der Waals surface area contributed by atoms with Gasteiger partial charge in [0.25, 0.3) is 0 Å². The van der Waals surface area contributed by atoms with Crippen LogP contribution in [0.2, 0.25) is 0 Å². The molecule has 7 nitrogen and oxygen atoms in total. The van der Waals surface area contributed by atoms with E-state index >= 15 is 0 Å². The predicted molar refractivity (Wildman–Crippen MR) is 111 cm³/mol. The number of aliphatic hydroxyl groups excluding tert-OH is 2. The van der Waals surface area contributed by atoms with E-state index in [1.807, 2.05) is 0 Å². The minimum Gasteiger partial charge on any atom is -0.462 e. The lowest BCUT2D eigenvalue weighted by atomic mass is 9.39. The van der Waals surface area contributed by atoms with Gasteiger partial charge in [-0.3, -0.25) is 14.4 Å². The average Bonchev–Trinajstić information content (AvgIpc) is 2.77. The minimum atomic E-state index is -1.29. The van der Waals surface area contributed by atoms with E-state index in [1.165, 1.54) is 13.8 Å². The molecule has 31 heavy (non-hydrogen) atoms. The van der Waals surface area contributed by atoms with Crippen LogP contribution in [0.5, 0.6) is 0 Å². The quantitative estimate of drug-likeness (QED) is 0.506. The first-order chi connectivity index (χ1) is 14.3. The fourth-order valence-corrected chi connectivity index (χ4v) is 8.04. The largest absolute Gasteiger partial charge is 0.462 e. The molecule has 0 aromatic heterocycles. The average molecular weight is 435 g/mol. The van der Waals surface area contributed by atoms with Crippen molar-refractivity contribution in [2.45, 2.75) is 84.7 Å². The SMILES string of the molecule is C=C1C(=O)[C@@]23C(CC(O)C1[C@H]2O)C1(C)CC[C@H](OC(C)=O)C(C)(C)[C@@H]1C[C@@H]3OC(C)=O. The molecule has 0 aromatic rings. The van der Waals surface area contributed by atoms with Crippen LogP contribution in [0.1, 0.15) is 60.3 Å². The molecule has 0 saturated heterocycles. The van der Waals surface area contributed by atoms with Crippen LogP contribution >= 0.6 is 0 Å². The first kappa shape index (κ1) is 22.5. The van der Waals surface area contributed by atoms with E-state index in [4.69, 9.17) is 9.47 Å². The number of ether oxygens (including phenoxy) is 2. The van der Waals surface area contributed by atoms with Crippen LogP contribution < -0.4 is 0 Å². The molecule has 2 bridgehead atoms. The van der Waals surface area contributed by atoms with Crippen LogP contribution in [0.15, 0.2) is 12.2 Å². The van der Waals surface area contributed by atoms with Crippen molar-refractivity contribution < 1.29 is 34.1 Å².